The zero-order valence-corrected chi connectivity index (χ0v) is 11.1. The van der Waals surface area contributed by atoms with Crippen molar-refractivity contribution in [1.82, 2.24) is 5.32 Å². The third-order valence-corrected chi connectivity index (χ3v) is 2.57. The van der Waals surface area contributed by atoms with E-state index in [9.17, 15) is 13.6 Å². The van der Waals surface area contributed by atoms with E-state index in [0.29, 0.717) is 11.0 Å². The molecule has 1 amide bonds. The van der Waals surface area contributed by atoms with Gasteiger partial charge in [0.05, 0.1) is 0 Å². The molecule has 0 saturated heterocycles. The van der Waals surface area contributed by atoms with Gasteiger partial charge in [0.15, 0.2) is 0 Å². The molecular weight excluding hydrogens is 294 g/mol. The summed E-state index contributed by atoms with van der Waals surface area (Å²) in [5.41, 5.74) is -0.299. The second-order valence-electron chi connectivity index (χ2n) is 3.51. The van der Waals surface area contributed by atoms with E-state index in [0.717, 1.165) is 12.1 Å². The molecular formula is C11H13BrF2N2O. The van der Waals surface area contributed by atoms with Gasteiger partial charge < -0.3 is 10.6 Å². The number of rotatable bonds is 4. The summed E-state index contributed by atoms with van der Waals surface area (Å²) >= 11 is 2.98. The minimum atomic E-state index is -0.743. The highest BCUT2D eigenvalue weighted by atomic mass is 79.9. The number of carbonyl (C=O) groups excluding carboxylic acids is 1. The van der Waals surface area contributed by atoms with E-state index in [2.05, 4.69) is 26.6 Å². The molecule has 1 aromatic rings. The van der Waals surface area contributed by atoms with Crippen molar-refractivity contribution >= 4 is 27.5 Å². The summed E-state index contributed by atoms with van der Waals surface area (Å²) in [6.45, 7) is 3.77. The molecule has 0 heterocycles. The molecule has 0 fully saturated rings. The molecule has 6 heteroatoms. The number of hydrogen-bond donors (Lipinski definition) is 2. The van der Waals surface area contributed by atoms with Crippen molar-refractivity contribution in [3.63, 3.8) is 0 Å². The second kappa shape index (κ2) is 5.95. The van der Waals surface area contributed by atoms with Gasteiger partial charge in [0.25, 0.3) is 0 Å². The van der Waals surface area contributed by atoms with Crippen molar-refractivity contribution < 1.29 is 13.6 Å². The number of benzene rings is 1. The Kier molecular flexibility index (Phi) is 4.86. The maximum Gasteiger partial charge on any atom is 0.242 e. The molecule has 0 aliphatic carbocycles. The van der Waals surface area contributed by atoms with Crippen LogP contribution in [0.15, 0.2) is 16.6 Å². The lowest BCUT2D eigenvalue weighted by atomic mass is 10.2. The molecule has 17 heavy (non-hydrogen) atoms. The van der Waals surface area contributed by atoms with Crippen LogP contribution in [-0.2, 0) is 4.79 Å². The molecule has 0 spiro atoms. The van der Waals surface area contributed by atoms with E-state index < -0.39 is 17.7 Å². The van der Waals surface area contributed by atoms with E-state index in [1.165, 1.54) is 6.92 Å². The summed E-state index contributed by atoms with van der Waals surface area (Å²) in [6, 6.07) is 1.56. The molecule has 1 unspecified atom stereocenters. The molecule has 1 rings (SSSR count). The number of carbonyl (C=O) groups is 1. The summed E-state index contributed by atoms with van der Waals surface area (Å²) in [4.78, 5) is 11.4. The van der Waals surface area contributed by atoms with Gasteiger partial charge in [-0.1, -0.05) is 15.9 Å². The lowest BCUT2D eigenvalue weighted by molar-refractivity contribution is -0.121. The number of hydrogen-bond acceptors (Lipinski definition) is 2. The second-order valence-corrected chi connectivity index (χ2v) is 4.42. The maximum absolute atomic E-state index is 13.5. The standard InChI is InChI=1S/C11H13BrF2N2O/c1-3-15-11(17)6(2)16-10-8(13)4-7(12)5-9(10)14/h4-6,16H,3H2,1-2H3,(H,15,17). The summed E-state index contributed by atoms with van der Waals surface area (Å²) in [5, 5.41) is 5.07. The Hall–Kier alpha value is -1.17. The van der Waals surface area contributed by atoms with Crippen LogP contribution >= 0.6 is 15.9 Å². The molecule has 0 aliphatic rings. The van der Waals surface area contributed by atoms with Crippen molar-refractivity contribution in [2.24, 2.45) is 0 Å². The number of amides is 1. The van der Waals surface area contributed by atoms with Crippen LogP contribution in [0.1, 0.15) is 13.8 Å². The predicted molar refractivity (Wildman–Crippen MR) is 65.8 cm³/mol. The molecule has 0 saturated carbocycles. The van der Waals surface area contributed by atoms with Gasteiger partial charge in [0.2, 0.25) is 5.91 Å². The van der Waals surface area contributed by atoms with Crippen LogP contribution in [0.5, 0.6) is 0 Å². The van der Waals surface area contributed by atoms with Crippen LogP contribution < -0.4 is 10.6 Å². The molecule has 0 radical (unpaired) electrons. The first-order valence-electron chi connectivity index (χ1n) is 5.14. The highest BCUT2D eigenvalue weighted by Gasteiger charge is 2.17. The van der Waals surface area contributed by atoms with Gasteiger partial charge >= 0.3 is 0 Å². The van der Waals surface area contributed by atoms with Crippen molar-refractivity contribution in [2.75, 3.05) is 11.9 Å². The van der Waals surface area contributed by atoms with E-state index in [1.54, 1.807) is 6.92 Å². The largest absolute Gasteiger partial charge is 0.369 e. The van der Waals surface area contributed by atoms with Crippen LogP contribution in [0.2, 0.25) is 0 Å². The van der Waals surface area contributed by atoms with E-state index in [1.807, 2.05) is 0 Å². The van der Waals surface area contributed by atoms with Crippen molar-refractivity contribution in [2.45, 2.75) is 19.9 Å². The molecule has 0 aliphatic heterocycles. The van der Waals surface area contributed by atoms with Crippen LogP contribution in [0, 0.1) is 11.6 Å². The van der Waals surface area contributed by atoms with Crippen molar-refractivity contribution in [1.29, 1.82) is 0 Å². The summed E-state index contributed by atoms with van der Waals surface area (Å²) < 4.78 is 27.2. The first-order chi connectivity index (χ1) is 7.95. The molecule has 1 atom stereocenters. The Labute approximate surface area is 107 Å². The van der Waals surface area contributed by atoms with Gasteiger partial charge in [-0.15, -0.1) is 0 Å². The van der Waals surface area contributed by atoms with Crippen molar-refractivity contribution in [3.05, 3.63) is 28.2 Å². The Balaban J connectivity index is 2.85. The fourth-order valence-electron chi connectivity index (χ4n) is 1.29. The van der Waals surface area contributed by atoms with Crippen LogP contribution in [0.4, 0.5) is 14.5 Å². The lowest BCUT2D eigenvalue weighted by Gasteiger charge is -2.15. The fraction of sp³-hybridized carbons (Fsp3) is 0.364. The molecule has 3 nitrogen and oxygen atoms in total. The molecule has 1 aromatic carbocycles. The smallest absolute Gasteiger partial charge is 0.242 e. The number of anilines is 1. The minimum absolute atomic E-state index is 0.299. The number of nitrogens with one attached hydrogen (secondary N) is 2. The van der Waals surface area contributed by atoms with E-state index >= 15 is 0 Å². The third kappa shape index (κ3) is 3.66. The number of likely N-dealkylation sites (N-methyl/N-ethyl adjacent to an activating group) is 1. The third-order valence-electron chi connectivity index (χ3n) is 2.11. The first kappa shape index (κ1) is 13.9. The van der Waals surface area contributed by atoms with Crippen LogP contribution in [-0.4, -0.2) is 18.5 Å². The average Bonchev–Trinajstić information content (AvgIpc) is 2.23. The van der Waals surface area contributed by atoms with Gasteiger partial charge in [0, 0.05) is 11.0 Å². The van der Waals surface area contributed by atoms with Crippen LogP contribution in [0.3, 0.4) is 0 Å². The van der Waals surface area contributed by atoms with Gasteiger partial charge in [-0.2, -0.15) is 0 Å². The molecule has 0 aromatic heterocycles. The van der Waals surface area contributed by atoms with Crippen molar-refractivity contribution in [3.8, 4) is 0 Å². The highest BCUT2D eigenvalue weighted by molar-refractivity contribution is 9.10. The Morgan fingerprint density at radius 3 is 2.41 bits per heavy atom. The predicted octanol–water partition coefficient (Wildman–Crippen LogP) is 2.66. The average molecular weight is 307 g/mol. The van der Waals surface area contributed by atoms with E-state index in [4.69, 9.17) is 0 Å². The van der Waals surface area contributed by atoms with Gasteiger partial charge in [-0.25, -0.2) is 8.78 Å². The fourth-order valence-corrected chi connectivity index (χ4v) is 1.69. The summed E-state index contributed by atoms with van der Waals surface area (Å²) in [6.07, 6.45) is 0. The minimum Gasteiger partial charge on any atom is -0.369 e. The molecule has 94 valence electrons. The quantitative estimate of drug-likeness (QED) is 0.898. The van der Waals surface area contributed by atoms with Gasteiger partial charge in [-0.3, -0.25) is 4.79 Å². The SMILES string of the molecule is CCNC(=O)C(C)Nc1c(F)cc(Br)cc1F. The zero-order chi connectivity index (χ0) is 13.0. The Bertz CT molecular complexity index is 403. The Morgan fingerprint density at radius 1 is 1.41 bits per heavy atom. The molecule has 2 N–H and O–H groups in total. The highest BCUT2D eigenvalue weighted by Crippen LogP contribution is 2.24. The summed E-state index contributed by atoms with van der Waals surface area (Å²) in [7, 11) is 0. The monoisotopic (exact) mass is 306 g/mol. The van der Waals surface area contributed by atoms with Crippen LogP contribution in [0.25, 0.3) is 0 Å². The van der Waals surface area contributed by atoms with E-state index in [-0.39, 0.29) is 11.6 Å². The normalized spacial score (nSPS) is 12.1. The zero-order valence-electron chi connectivity index (χ0n) is 9.48. The first-order valence-corrected chi connectivity index (χ1v) is 5.93. The topological polar surface area (TPSA) is 41.1 Å². The number of halogens is 3. The Morgan fingerprint density at radius 2 is 1.94 bits per heavy atom. The van der Waals surface area contributed by atoms with Gasteiger partial charge in [-0.05, 0) is 26.0 Å². The summed E-state index contributed by atoms with van der Waals surface area (Å²) in [5.74, 6) is -1.80. The van der Waals surface area contributed by atoms with Gasteiger partial charge in [0.1, 0.15) is 23.4 Å². The molecule has 0 bridgehead atoms. The lowest BCUT2D eigenvalue weighted by Crippen LogP contribution is -2.37. The maximum atomic E-state index is 13.5.